The van der Waals surface area contributed by atoms with Crippen LogP contribution in [0.15, 0.2) is 30.3 Å². The fourth-order valence-corrected chi connectivity index (χ4v) is 2.50. The molecule has 2 rings (SSSR count). The molecule has 23 heavy (non-hydrogen) atoms. The van der Waals surface area contributed by atoms with Crippen molar-refractivity contribution < 1.29 is 9.72 Å². The molecule has 0 spiro atoms. The number of rotatable bonds is 4. The van der Waals surface area contributed by atoms with Gasteiger partial charge in [0, 0.05) is 25.2 Å². The van der Waals surface area contributed by atoms with Crippen LogP contribution in [0.1, 0.15) is 18.4 Å². The Morgan fingerprint density at radius 3 is 2.70 bits per heavy atom. The fourth-order valence-electron chi connectivity index (χ4n) is 2.50. The first-order valence-electron chi connectivity index (χ1n) is 7.29. The highest BCUT2D eigenvalue weighted by atomic mass is 16.6. The summed E-state index contributed by atoms with van der Waals surface area (Å²) >= 11 is 0. The molecule has 0 radical (unpaired) electrons. The van der Waals surface area contributed by atoms with Crippen molar-refractivity contribution in [3.8, 4) is 6.07 Å². The average Bonchev–Trinajstić information content (AvgIpc) is 2.55. The zero-order valence-corrected chi connectivity index (χ0v) is 12.9. The molecule has 1 aromatic carbocycles. The van der Waals surface area contributed by atoms with E-state index in [0.717, 1.165) is 13.1 Å². The molecule has 120 valence electrons. The number of para-hydroxylation sites is 1. The minimum absolute atomic E-state index is 0.0640. The molecule has 0 atom stereocenters. The topological polar surface area (TPSA) is 99.3 Å². The molecule has 0 saturated carbocycles. The normalized spacial score (nSPS) is 17.6. The second kappa shape index (κ2) is 7.03. The van der Waals surface area contributed by atoms with Gasteiger partial charge in [-0.25, -0.2) is 0 Å². The molecule has 1 N–H and O–H groups in total. The molecule has 1 aliphatic rings. The Morgan fingerprint density at radius 1 is 1.43 bits per heavy atom. The summed E-state index contributed by atoms with van der Waals surface area (Å²) in [5.74, 6) is -0.422. The second-order valence-electron chi connectivity index (χ2n) is 5.64. The molecule has 1 aliphatic heterocycles. The molecule has 0 aliphatic carbocycles. The maximum Gasteiger partial charge on any atom is 0.276 e. The van der Waals surface area contributed by atoms with E-state index < -0.39 is 16.4 Å². The van der Waals surface area contributed by atoms with Crippen molar-refractivity contribution in [2.75, 3.05) is 20.1 Å². The Bertz CT molecular complexity index is 670. The van der Waals surface area contributed by atoms with Gasteiger partial charge in [0.2, 0.25) is 5.91 Å². The van der Waals surface area contributed by atoms with Crippen LogP contribution in [0.5, 0.6) is 0 Å². The van der Waals surface area contributed by atoms with Crippen LogP contribution in [0.25, 0.3) is 6.08 Å². The number of nitrogens with zero attached hydrogens (tertiary/aromatic N) is 3. The van der Waals surface area contributed by atoms with Gasteiger partial charge in [-0.15, -0.1) is 0 Å². The number of carbonyl (C=O) groups excluding carboxylic acids is 1. The second-order valence-corrected chi connectivity index (χ2v) is 5.64. The third kappa shape index (κ3) is 4.14. The van der Waals surface area contributed by atoms with Crippen LogP contribution in [0.4, 0.5) is 5.69 Å². The molecule has 0 aromatic heterocycles. The molecular weight excluding hydrogens is 296 g/mol. The summed E-state index contributed by atoms with van der Waals surface area (Å²) in [5, 5.41) is 23.1. The van der Waals surface area contributed by atoms with Gasteiger partial charge in [-0.3, -0.25) is 14.9 Å². The predicted molar refractivity (Wildman–Crippen MR) is 85.3 cm³/mol. The SMILES string of the molecule is CN1CCC(C#N)(NC(=O)/C=C/c2ccccc2[N+](=O)[O-])CC1. The van der Waals surface area contributed by atoms with Crippen molar-refractivity contribution in [3.63, 3.8) is 0 Å². The number of nitro benzene ring substituents is 1. The Morgan fingerprint density at radius 2 is 2.09 bits per heavy atom. The lowest BCUT2D eigenvalue weighted by Gasteiger charge is -2.35. The lowest BCUT2D eigenvalue weighted by atomic mass is 9.89. The molecule has 0 unspecified atom stereocenters. The van der Waals surface area contributed by atoms with E-state index in [1.54, 1.807) is 18.2 Å². The van der Waals surface area contributed by atoms with E-state index in [2.05, 4.69) is 16.3 Å². The summed E-state index contributed by atoms with van der Waals surface area (Å²) in [6.45, 7) is 1.48. The van der Waals surface area contributed by atoms with Gasteiger partial charge in [-0.05, 0) is 32.0 Å². The van der Waals surface area contributed by atoms with Gasteiger partial charge in [0.1, 0.15) is 5.54 Å². The van der Waals surface area contributed by atoms with Crippen molar-refractivity contribution in [1.29, 1.82) is 5.26 Å². The predicted octanol–water partition coefficient (Wildman–Crippen LogP) is 1.71. The number of amides is 1. The van der Waals surface area contributed by atoms with Crippen molar-refractivity contribution in [3.05, 3.63) is 46.0 Å². The lowest BCUT2D eigenvalue weighted by molar-refractivity contribution is -0.385. The molecule has 7 nitrogen and oxygen atoms in total. The van der Waals surface area contributed by atoms with Gasteiger partial charge in [-0.1, -0.05) is 12.1 Å². The summed E-state index contributed by atoms with van der Waals surface area (Å²) in [6, 6.07) is 8.38. The number of benzene rings is 1. The van der Waals surface area contributed by atoms with Gasteiger partial charge < -0.3 is 10.2 Å². The van der Waals surface area contributed by atoms with E-state index in [-0.39, 0.29) is 5.69 Å². The fraction of sp³-hybridized carbons (Fsp3) is 0.375. The third-order valence-corrected chi connectivity index (χ3v) is 3.96. The van der Waals surface area contributed by atoms with Crippen molar-refractivity contribution >= 4 is 17.7 Å². The van der Waals surface area contributed by atoms with Gasteiger partial charge >= 0.3 is 0 Å². The average molecular weight is 314 g/mol. The molecule has 1 fully saturated rings. The molecule has 1 saturated heterocycles. The minimum Gasteiger partial charge on any atom is -0.334 e. The number of hydrogen-bond donors (Lipinski definition) is 1. The molecule has 1 amide bonds. The molecule has 0 bridgehead atoms. The number of nitro groups is 1. The van der Waals surface area contributed by atoms with Crippen molar-refractivity contribution in [2.24, 2.45) is 0 Å². The highest BCUT2D eigenvalue weighted by molar-refractivity contribution is 5.93. The van der Waals surface area contributed by atoms with E-state index in [1.807, 2.05) is 7.05 Å². The summed E-state index contributed by atoms with van der Waals surface area (Å²) in [7, 11) is 1.97. The van der Waals surface area contributed by atoms with Crippen LogP contribution in [-0.4, -0.2) is 41.4 Å². The quantitative estimate of drug-likeness (QED) is 0.518. The number of hydrogen-bond acceptors (Lipinski definition) is 5. The molecule has 1 aromatic rings. The molecule has 1 heterocycles. The number of piperidine rings is 1. The van der Waals surface area contributed by atoms with Crippen LogP contribution in [0.3, 0.4) is 0 Å². The van der Waals surface area contributed by atoms with Gasteiger partial charge in [0.25, 0.3) is 5.69 Å². The smallest absolute Gasteiger partial charge is 0.276 e. The first kappa shape index (κ1) is 16.6. The highest BCUT2D eigenvalue weighted by Gasteiger charge is 2.34. The zero-order valence-electron chi connectivity index (χ0n) is 12.9. The van der Waals surface area contributed by atoms with Gasteiger partial charge in [0.05, 0.1) is 16.6 Å². The number of carbonyl (C=O) groups is 1. The summed E-state index contributed by atoms with van der Waals surface area (Å²) in [4.78, 5) is 24.6. The summed E-state index contributed by atoms with van der Waals surface area (Å²) in [6.07, 6.45) is 3.75. The van der Waals surface area contributed by atoms with E-state index in [9.17, 15) is 20.2 Å². The van der Waals surface area contributed by atoms with Crippen LogP contribution >= 0.6 is 0 Å². The van der Waals surface area contributed by atoms with E-state index in [1.165, 1.54) is 18.2 Å². The lowest BCUT2D eigenvalue weighted by Crippen LogP contribution is -2.53. The monoisotopic (exact) mass is 314 g/mol. The zero-order chi connectivity index (χ0) is 16.9. The van der Waals surface area contributed by atoms with Crippen LogP contribution < -0.4 is 5.32 Å². The molecular formula is C16H18N4O3. The van der Waals surface area contributed by atoms with E-state index in [0.29, 0.717) is 18.4 Å². The Labute approximate surface area is 134 Å². The van der Waals surface area contributed by atoms with Crippen molar-refractivity contribution in [1.82, 2.24) is 10.2 Å². The Hall–Kier alpha value is -2.72. The van der Waals surface area contributed by atoms with Gasteiger partial charge in [0.15, 0.2) is 0 Å². The van der Waals surface area contributed by atoms with E-state index >= 15 is 0 Å². The first-order chi connectivity index (χ1) is 11.0. The summed E-state index contributed by atoms with van der Waals surface area (Å²) in [5.41, 5.74) is -0.579. The number of likely N-dealkylation sites (tertiary alicyclic amines) is 1. The van der Waals surface area contributed by atoms with E-state index in [4.69, 9.17) is 0 Å². The number of nitriles is 1. The standard InChI is InChI=1S/C16H18N4O3/c1-19-10-8-16(12-17,9-11-19)18-15(21)7-6-13-4-2-3-5-14(13)20(22)23/h2-7H,8-11H2,1H3,(H,18,21)/b7-6+. The third-order valence-electron chi connectivity index (χ3n) is 3.96. The summed E-state index contributed by atoms with van der Waals surface area (Å²) < 4.78 is 0. The van der Waals surface area contributed by atoms with Crippen LogP contribution in [0, 0.1) is 21.4 Å². The maximum atomic E-state index is 12.1. The van der Waals surface area contributed by atoms with Crippen LogP contribution in [-0.2, 0) is 4.79 Å². The maximum absolute atomic E-state index is 12.1. The highest BCUT2D eigenvalue weighted by Crippen LogP contribution is 2.21. The minimum atomic E-state index is -0.865. The Balaban J connectivity index is 2.08. The largest absolute Gasteiger partial charge is 0.334 e. The number of nitrogens with one attached hydrogen (secondary N) is 1. The van der Waals surface area contributed by atoms with Crippen molar-refractivity contribution in [2.45, 2.75) is 18.4 Å². The first-order valence-corrected chi connectivity index (χ1v) is 7.29. The Kier molecular flexibility index (Phi) is 5.09. The van der Waals surface area contributed by atoms with Gasteiger partial charge in [-0.2, -0.15) is 5.26 Å². The van der Waals surface area contributed by atoms with Crippen LogP contribution in [0.2, 0.25) is 0 Å². The molecule has 7 heteroatoms.